The summed E-state index contributed by atoms with van der Waals surface area (Å²) in [4.78, 5) is 16.3. The highest BCUT2D eigenvalue weighted by Crippen LogP contribution is 2.27. The first-order valence-corrected chi connectivity index (χ1v) is 7.75. The number of hydrogen-bond acceptors (Lipinski definition) is 5. The van der Waals surface area contributed by atoms with Gasteiger partial charge in [0.05, 0.1) is 11.9 Å². The fourth-order valence-corrected chi connectivity index (χ4v) is 2.78. The summed E-state index contributed by atoms with van der Waals surface area (Å²) in [6, 6.07) is 0.207. The molecule has 0 bridgehead atoms. The fourth-order valence-electron chi connectivity index (χ4n) is 2.78. The molecule has 0 saturated carbocycles. The van der Waals surface area contributed by atoms with Crippen LogP contribution in [0.25, 0.3) is 0 Å². The van der Waals surface area contributed by atoms with Gasteiger partial charge in [-0.05, 0) is 27.2 Å². The molecule has 124 valence electrons. The number of hydrogen-bond donors (Lipinski definition) is 1. The van der Waals surface area contributed by atoms with Crippen LogP contribution >= 0.6 is 0 Å². The van der Waals surface area contributed by atoms with E-state index in [-0.39, 0.29) is 12.1 Å². The van der Waals surface area contributed by atoms with Gasteiger partial charge in [-0.25, -0.2) is 4.79 Å². The number of carbonyl (C=O) groups is 1. The Morgan fingerprint density at radius 2 is 2.14 bits per heavy atom. The summed E-state index contributed by atoms with van der Waals surface area (Å²) in [6.45, 7) is 9.74. The number of rotatable bonds is 2. The van der Waals surface area contributed by atoms with E-state index in [0.717, 1.165) is 18.8 Å². The summed E-state index contributed by atoms with van der Waals surface area (Å²) < 4.78 is 7.26. The van der Waals surface area contributed by atoms with Gasteiger partial charge in [0, 0.05) is 32.7 Å². The number of ether oxygens (including phenoxy) is 1. The van der Waals surface area contributed by atoms with Crippen molar-refractivity contribution in [3.63, 3.8) is 0 Å². The van der Waals surface area contributed by atoms with E-state index in [1.165, 1.54) is 0 Å². The van der Waals surface area contributed by atoms with E-state index in [9.17, 15) is 4.79 Å². The highest BCUT2D eigenvalue weighted by Gasteiger charge is 2.33. The minimum atomic E-state index is -0.470. The summed E-state index contributed by atoms with van der Waals surface area (Å²) in [7, 11) is 1.89. The second-order valence-corrected chi connectivity index (χ2v) is 6.73. The van der Waals surface area contributed by atoms with Crippen LogP contribution in [0.1, 0.15) is 34.1 Å². The average molecular weight is 309 g/mol. The minimum absolute atomic E-state index is 0.207. The van der Waals surface area contributed by atoms with Crippen molar-refractivity contribution < 1.29 is 9.53 Å². The second-order valence-electron chi connectivity index (χ2n) is 6.73. The average Bonchev–Trinajstić information content (AvgIpc) is 2.75. The third-order valence-corrected chi connectivity index (χ3v) is 3.81. The van der Waals surface area contributed by atoms with Gasteiger partial charge in [0.1, 0.15) is 11.4 Å². The van der Waals surface area contributed by atoms with Crippen molar-refractivity contribution in [3.8, 4) is 0 Å². The van der Waals surface area contributed by atoms with Crippen molar-refractivity contribution in [1.29, 1.82) is 0 Å². The molecule has 22 heavy (non-hydrogen) atoms. The Kier molecular flexibility index (Phi) is 4.53. The van der Waals surface area contributed by atoms with Crippen LogP contribution in [0.15, 0.2) is 6.20 Å². The largest absolute Gasteiger partial charge is 0.444 e. The van der Waals surface area contributed by atoms with Gasteiger partial charge in [-0.2, -0.15) is 5.10 Å². The Balaban J connectivity index is 2.10. The fraction of sp³-hybridized carbons (Fsp3) is 0.733. The van der Waals surface area contributed by atoms with Gasteiger partial charge in [-0.3, -0.25) is 4.68 Å². The highest BCUT2D eigenvalue weighted by molar-refractivity contribution is 5.69. The number of piperazine rings is 1. The van der Waals surface area contributed by atoms with Crippen molar-refractivity contribution in [2.75, 3.05) is 30.3 Å². The number of nitrogens with two attached hydrogens (primary N) is 1. The van der Waals surface area contributed by atoms with Crippen molar-refractivity contribution in [2.24, 2.45) is 7.05 Å². The molecule has 1 atom stereocenters. The summed E-state index contributed by atoms with van der Waals surface area (Å²) in [5, 5.41) is 4.21. The zero-order chi connectivity index (χ0) is 16.5. The Labute approximate surface area is 132 Å². The molecular weight excluding hydrogens is 282 g/mol. The zero-order valence-corrected chi connectivity index (χ0v) is 14.2. The lowest BCUT2D eigenvalue weighted by molar-refractivity contribution is 0.0213. The van der Waals surface area contributed by atoms with Crippen LogP contribution < -0.4 is 10.6 Å². The van der Waals surface area contributed by atoms with Crippen LogP contribution in [0.4, 0.5) is 16.3 Å². The summed E-state index contributed by atoms with van der Waals surface area (Å²) in [5.74, 6) is 0.927. The van der Waals surface area contributed by atoms with Crippen LogP contribution in [0.3, 0.4) is 0 Å². The van der Waals surface area contributed by atoms with Gasteiger partial charge in [-0.1, -0.05) is 6.92 Å². The number of aromatic nitrogens is 2. The topological polar surface area (TPSA) is 76.6 Å². The standard InChI is InChI=1S/C15H27N5O2/c1-6-11-10-19(14(21)22-15(2,3)4)7-8-20(11)13-12(16)9-17-18(13)5/h9,11H,6-8,10,16H2,1-5H3/t11-/m1/s1. The minimum Gasteiger partial charge on any atom is -0.444 e. The Hall–Kier alpha value is -1.92. The van der Waals surface area contributed by atoms with Crippen LogP contribution in [0, 0.1) is 0 Å². The first kappa shape index (κ1) is 16.5. The van der Waals surface area contributed by atoms with E-state index >= 15 is 0 Å². The third kappa shape index (κ3) is 3.45. The molecule has 2 N–H and O–H groups in total. The molecule has 1 aliphatic rings. The van der Waals surface area contributed by atoms with E-state index in [1.54, 1.807) is 15.8 Å². The monoisotopic (exact) mass is 309 g/mol. The predicted molar refractivity (Wildman–Crippen MR) is 86.9 cm³/mol. The summed E-state index contributed by atoms with van der Waals surface area (Å²) in [6.07, 6.45) is 2.34. The number of carbonyl (C=O) groups excluding carboxylic acids is 1. The molecular formula is C15H27N5O2. The van der Waals surface area contributed by atoms with Gasteiger partial charge >= 0.3 is 6.09 Å². The molecule has 1 aromatic heterocycles. The Morgan fingerprint density at radius 1 is 1.45 bits per heavy atom. The maximum absolute atomic E-state index is 12.2. The maximum atomic E-state index is 12.2. The molecule has 2 rings (SSSR count). The van der Waals surface area contributed by atoms with Crippen LogP contribution in [0.5, 0.6) is 0 Å². The van der Waals surface area contributed by atoms with Crippen molar-refractivity contribution in [1.82, 2.24) is 14.7 Å². The van der Waals surface area contributed by atoms with Crippen LogP contribution in [0.2, 0.25) is 0 Å². The van der Waals surface area contributed by atoms with Gasteiger partial charge in [0.25, 0.3) is 0 Å². The normalized spacial score (nSPS) is 19.4. The molecule has 7 heteroatoms. The molecule has 0 radical (unpaired) electrons. The molecule has 0 spiro atoms. The smallest absolute Gasteiger partial charge is 0.410 e. The van der Waals surface area contributed by atoms with Crippen LogP contribution in [-0.4, -0.2) is 52.1 Å². The van der Waals surface area contributed by atoms with Crippen molar-refractivity contribution in [2.45, 2.75) is 45.8 Å². The van der Waals surface area contributed by atoms with Gasteiger partial charge in [0.15, 0.2) is 0 Å². The lowest BCUT2D eigenvalue weighted by Gasteiger charge is -2.42. The first-order valence-electron chi connectivity index (χ1n) is 7.75. The number of anilines is 2. The van der Waals surface area contributed by atoms with Crippen molar-refractivity contribution >= 4 is 17.6 Å². The number of amides is 1. The molecule has 1 aliphatic heterocycles. The van der Waals surface area contributed by atoms with Gasteiger partial charge in [0.2, 0.25) is 0 Å². The van der Waals surface area contributed by atoms with E-state index in [0.29, 0.717) is 18.8 Å². The third-order valence-electron chi connectivity index (χ3n) is 3.81. The van der Waals surface area contributed by atoms with E-state index < -0.39 is 5.60 Å². The summed E-state index contributed by atoms with van der Waals surface area (Å²) >= 11 is 0. The molecule has 1 fully saturated rings. The Morgan fingerprint density at radius 3 is 2.64 bits per heavy atom. The highest BCUT2D eigenvalue weighted by atomic mass is 16.6. The van der Waals surface area contributed by atoms with Crippen LogP contribution in [-0.2, 0) is 11.8 Å². The van der Waals surface area contributed by atoms with E-state index in [4.69, 9.17) is 10.5 Å². The molecule has 0 aromatic carbocycles. The maximum Gasteiger partial charge on any atom is 0.410 e. The molecule has 0 unspecified atom stereocenters. The Bertz CT molecular complexity index is 515. The molecule has 1 saturated heterocycles. The number of aryl methyl sites for hydroxylation is 1. The SMILES string of the molecule is CC[C@@H]1CN(C(=O)OC(C)(C)C)CCN1c1c(N)cnn1C. The van der Waals surface area contributed by atoms with Gasteiger partial charge in [-0.15, -0.1) is 0 Å². The summed E-state index contributed by atoms with van der Waals surface area (Å²) in [5.41, 5.74) is 6.24. The molecule has 1 aromatic rings. The lowest BCUT2D eigenvalue weighted by atomic mass is 10.1. The predicted octanol–water partition coefficient (Wildman–Crippen LogP) is 1.84. The molecule has 0 aliphatic carbocycles. The van der Waals surface area contributed by atoms with E-state index in [2.05, 4.69) is 16.9 Å². The number of nitrogen functional groups attached to an aromatic ring is 1. The van der Waals surface area contributed by atoms with E-state index in [1.807, 2.05) is 27.8 Å². The zero-order valence-electron chi connectivity index (χ0n) is 14.2. The number of nitrogens with zero attached hydrogens (tertiary/aromatic N) is 4. The quantitative estimate of drug-likeness (QED) is 0.902. The second kappa shape index (κ2) is 6.06. The first-order chi connectivity index (χ1) is 10.2. The van der Waals surface area contributed by atoms with Crippen molar-refractivity contribution in [3.05, 3.63) is 6.20 Å². The molecule has 2 heterocycles. The lowest BCUT2D eigenvalue weighted by Crippen LogP contribution is -2.56. The molecule has 1 amide bonds. The molecule has 7 nitrogen and oxygen atoms in total. The van der Waals surface area contributed by atoms with Gasteiger partial charge < -0.3 is 20.3 Å².